The van der Waals surface area contributed by atoms with E-state index < -0.39 is 46.5 Å². The summed E-state index contributed by atoms with van der Waals surface area (Å²) in [5.41, 5.74) is -3.65. The molecule has 1 N–H and O–H groups in total. The normalized spacial score (nSPS) is 17.1. The topological polar surface area (TPSA) is 32.3 Å². The molecule has 10 heteroatoms. The van der Waals surface area contributed by atoms with Crippen LogP contribution in [0.3, 0.4) is 0 Å². The molecule has 186 valence electrons. The standard InChI is InChI=1S/C24H26F6N2OS/c1-32(2)22(11-7-8-12-22)20(15-9-5-4-6-10-15)31-21(33)19-17(24(28,29)30)13-16(23(25,26)27)14-18(19)34-3/h4-6,9-10,13-14,20H,7-8,11-12H2,1-3H3,(H,31,33). The molecule has 0 aliphatic heterocycles. The van der Waals surface area contributed by atoms with E-state index in [1.807, 2.05) is 19.0 Å². The monoisotopic (exact) mass is 504 g/mol. The van der Waals surface area contributed by atoms with Crippen LogP contribution in [0.15, 0.2) is 47.4 Å². The van der Waals surface area contributed by atoms with Gasteiger partial charge in [0, 0.05) is 10.4 Å². The molecule has 0 aromatic heterocycles. The second kappa shape index (κ2) is 9.81. The Morgan fingerprint density at radius 1 is 1.00 bits per heavy atom. The van der Waals surface area contributed by atoms with Crippen LogP contribution in [0.25, 0.3) is 0 Å². The fourth-order valence-corrected chi connectivity index (χ4v) is 5.41. The van der Waals surface area contributed by atoms with Crippen LogP contribution in [0.2, 0.25) is 0 Å². The summed E-state index contributed by atoms with van der Waals surface area (Å²) in [6, 6.07) is 8.90. The van der Waals surface area contributed by atoms with E-state index >= 15 is 0 Å². The van der Waals surface area contributed by atoms with Gasteiger partial charge >= 0.3 is 12.4 Å². The summed E-state index contributed by atoms with van der Waals surface area (Å²) in [6.07, 6.45) is -5.57. The first-order valence-electron chi connectivity index (χ1n) is 10.7. The lowest BCUT2D eigenvalue weighted by molar-refractivity contribution is -0.143. The number of likely N-dealkylation sites (N-methyl/N-ethyl adjacent to an activating group) is 1. The molecule has 34 heavy (non-hydrogen) atoms. The second-order valence-corrected chi connectivity index (χ2v) is 9.47. The van der Waals surface area contributed by atoms with E-state index in [0.29, 0.717) is 30.7 Å². The minimum atomic E-state index is -5.15. The number of hydrogen-bond donors (Lipinski definition) is 1. The number of alkyl halides is 6. The summed E-state index contributed by atoms with van der Waals surface area (Å²) in [5, 5.41) is 2.78. The Hall–Kier alpha value is -2.20. The molecule has 2 aromatic carbocycles. The molecule has 0 radical (unpaired) electrons. The number of carbonyl (C=O) groups excluding carboxylic acids is 1. The summed E-state index contributed by atoms with van der Waals surface area (Å²) >= 11 is 0.674. The van der Waals surface area contributed by atoms with Gasteiger partial charge in [0.15, 0.2) is 0 Å². The molecule has 0 heterocycles. The third-order valence-corrected chi connectivity index (χ3v) is 7.25. The van der Waals surface area contributed by atoms with Crippen LogP contribution in [-0.4, -0.2) is 36.7 Å². The van der Waals surface area contributed by atoms with Crippen molar-refractivity contribution in [1.82, 2.24) is 10.2 Å². The van der Waals surface area contributed by atoms with E-state index in [0.717, 1.165) is 18.4 Å². The Labute approximate surface area is 198 Å². The molecule has 1 fully saturated rings. The first-order valence-corrected chi connectivity index (χ1v) is 11.9. The van der Waals surface area contributed by atoms with Gasteiger partial charge in [-0.05, 0) is 50.9 Å². The minimum Gasteiger partial charge on any atom is -0.343 e. The lowest BCUT2D eigenvalue weighted by Gasteiger charge is -2.44. The number of benzene rings is 2. The lowest BCUT2D eigenvalue weighted by Crippen LogP contribution is -2.53. The highest BCUT2D eigenvalue weighted by Crippen LogP contribution is 2.45. The van der Waals surface area contributed by atoms with Crippen molar-refractivity contribution in [3.63, 3.8) is 0 Å². The molecule has 3 nitrogen and oxygen atoms in total. The van der Waals surface area contributed by atoms with E-state index in [-0.39, 0.29) is 11.0 Å². The summed E-state index contributed by atoms with van der Waals surface area (Å²) in [6.45, 7) is 0. The summed E-state index contributed by atoms with van der Waals surface area (Å²) in [4.78, 5) is 15.0. The van der Waals surface area contributed by atoms with E-state index in [1.165, 1.54) is 6.26 Å². The average Bonchev–Trinajstić information content (AvgIpc) is 3.27. The molecule has 2 aromatic rings. The predicted molar refractivity (Wildman–Crippen MR) is 120 cm³/mol. The third kappa shape index (κ3) is 5.22. The van der Waals surface area contributed by atoms with E-state index in [4.69, 9.17) is 0 Å². The van der Waals surface area contributed by atoms with Gasteiger partial charge in [0.05, 0.1) is 22.7 Å². The van der Waals surface area contributed by atoms with Gasteiger partial charge in [0.2, 0.25) is 0 Å². The first kappa shape index (κ1) is 26.4. The van der Waals surface area contributed by atoms with Crippen molar-refractivity contribution in [3.8, 4) is 0 Å². The van der Waals surface area contributed by atoms with Gasteiger partial charge in [-0.2, -0.15) is 26.3 Å². The number of nitrogens with zero attached hydrogens (tertiary/aromatic N) is 1. The van der Waals surface area contributed by atoms with Gasteiger partial charge in [-0.15, -0.1) is 11.8 Å². The van der Waals surface area contributed by atoms with E-state index in [1.54, 1.807) is 30.3 Å². The zero-order chi connectivity index (χ0) is 25.3. The third-order valence-electron chi connectivity index (χ3n) is 6.49. The molecular weight excluding hydrogens is 478 g/mol. The van der Waals surface area contributed by atoms with Gasteiger partial charge in [-0.3, -0.25) is 4.79 Å². The average molecular weight is 505 g/mol. The Bertz CT molecular complexity index is 1010. The van der Waals surface area contributed by atoms with Gasteiger partial charge in [0.1, 0.15) is 0 Å². The van der Waals surface area contributed by atoms with Crippen molar-refractivity contribution < 1.29 is 31.1 Å². The number of amides is 1. The Kier molecular flexibility index (Phi) is 7.62. The van der Waals surface area contributed by atoms with E-state index in [2.05, 4.69) is 5.32 Å². The second-order valence-electron chi connectivity index (χ2n) is 8.62. The van der Waals surface area contributed by atoms with Crippen LogP contribution in [0.1, 0.15) is 58.8 Å². The molecule has 0 saturated heterocycles. The van der Waals surface area contributed by atoms with Gasteiger partial charge in [-0.1, -0.05) is 43.2 Å². The molecule has 1 atom stereocenters. The van der Waals surface area contributed by atoms with Crippen LogP contribution in [0.5, 0.6) is 0 Å². The lowest BCUT2D eigenvalue weighted by atomic mass is 9.82. The van der Waals surface area contributed by atoms with Gasteiger partial charge in [-0.25, -0.2) is 0 Å². The van der Waals surface area contributed by atoms with Crippen LogP contribution in [-0.2, 0) is 12.4 Å². The van der Waals surface area contributed by atoms with Gasteiger partial charge < -0.3 is 10.2 Å². The van der Waals surface area contributed by atoms with Crippen molar-refractivity contribution >= 4 is 17.7 Å². The van der Waals surface area contributed by atoms with Crippen molar-refractivity contribution in [1.29, 1.82) is 0 Å². The molecule has 0 bridgehead atoms. The fraction of sp³-hybridized carbons (Fsp3) is 0.458. The van der Waals surface area contributed by atoms with Gasteiger partial charge in [0.25, 0.3) is 5.91 Å². The number of thioether (sulfide) groups is 1. The zero-order valence-electron chi connectivity index (χ0n) is 19.0. The number of rotatable bonds is 6. The molecule has 1 saturated carbocycles. The highest BCUT2D eigenvalue weighted by atomic mass is 32.2. The Morgan fingerprint density at radius 2 is 1.59 bits per heavy atom. The molecule has 1 unspecified atom stereocenters. The summed E-state index contributed by atoms with van der Waals surface area (Å²) in [7, 11) is 3.72. The zero-order valence-corrected chi connectivity index (χ0v) is 19.8. The maximum Gasteiger partial charge on any atom is 0.417 e. The fourth-order valence-electron chi connectivity index (χ4n) is 4.76. The number of halogens is 6. The minimum absolute atomic E-state index is 0.0173. The Morgan fingerprint density at radius 3 is 2.06 bits per heavy atom. The largest absolute Gasteiger partial charge is 0.417 e. The SMILES string of the molecule is CSc1cc(C(F)(F)F)cc(C(F)(F)F)c1C(=O)NC(c1ccccc1)C1(N(C)C)CCCC1. The van der Waals surface area contributed by atoms with Crippen molar-refractivity contribution in [2.24, 2.45) is 0 Å². The number of nitrogens with one attached hydrogen (secondary N) is 1. The summed E-state index contributed by atoms with van der Waals surface area (Å²) in [5.74, 6) is -1.05. The van der Waals surface area contributed by atoms with Crippen LogP contribution < -0.4 is 5.32 Å². The maximum atomic E-state index is 13.9. The maximum absolute atomic E-state index is 13.9. The van der Waals surface area contributed by atoms with Crippen LogP contribution in [0, 0.1) is 0 Å². The smallest absolute Gasteiger partial charge is 0.343 e. The van der Waals surface area contributed by atoms with E-state index in [9.17, 15) is 31.1 Å². The first-order chi connectivity index (χ1) is 15.8. The Balaban J connectivity index is 2.15. The van der Waals surface area contributed by atoms with Crippen LogP contribution in [0.4, 0.5) is 26.3 Å². The predicted octanol–water partition coefficient (Wildman–Crippen LogP) is 6.79. The van der Waals surface area contributed by atoms with Crippen LogP contribution >= 0.6 is 11.8 Å². The van der Waals surface area contributed by atoms with Crippen molar-refractivity contribution in [2.75, 3.05) is 20.4 Å². The van der Waals surface area contributed by atoms with Crippen molar-refractivity contribution in [2.45, 2.75) is 54.5 Å². The summed E-state index contributed by atoms with van der Waals surface area (Å²) < 4.78 is 81.6. The quantitative estimate of drug-likeness (QED) is 0.347. The highest BCUT2D eigenvalue weighted by molar-refractivity contribution is 7.98. The molecule has 1 aliphatic carbocycles. The molecule has 1 amide bonds. The number of hydrogen-bond acceptors (Lipinski definition) is 3. The molecule has 0 spiro atoms. The van der Waals surface area contributed by atoms with Crippen molar-refractivity contribution in [3.05, 3.63) is 64.7 Å². The highest BCUT2D eigenvalue weighted by Gasteiger charge is 2.46. The molecule has 3 rings (SSSR count). The molecule has 1 aliphatic rings. The number of carbonyl (C=O) groups is 1. The molecular formula is C24H26F6N2OS.